The minimum atomic E-state index is -0.500. The molecule has 0 atom stereocenters. The zero-order chi connectivity index (χ0) is 17.1. The highest BCUT2D eigenvalue weighted by Crippen LogP contribution is 2.23. The molecule has 1 amide bonds. The molecule has 0 bridgehead atoms. The van der Waals surface area contributed by atoms with Crippen molar-refractivity contribution in [2.75, 3.05) is 10.6 Å². The summed E-state index contributed by atoms with van der Waals surface area (Å²) in [6, 6.07) is 9.08. The highest BCUT2D eigenvalue weighted by molar-refractivity contribution is 6.31. The van der Waals surface area contributed by atoms with E-state index in [0.717, 1.165) is 0 Å². The van der Waals surface area contributed by atoms with Crippen LogP contribution < -0.4 is 10.6 Å². The number of aryl methyl sites for hydroxylation is 1. The molecule has 0 fully saturated rings. The summed E-state index contributed by atoms with van der Waals surface area (Å²) in [6.45, 7) is 1.72. The molecular weight excluding hydrogens is 335 g/mol. The maximum Gasteiger partial charge on any atom is 0.275 e. The predicted molar refractivity (Wildman–Crippen MR) is 88.1 cm³/mol. The molecule has 6 nitrogen and oxygen atoms in total. The fraction of sp³-hybridized carbons (Fsp3) is 0.0625. The lowest BCUT2D eigenvalue weighted by atomic mass is 10.2. The van der Waals surface area contributed by atoms with E-state index in [9.17, 15) is 9.18 Å². The van der Waals surface area contributed by atoms with Crippen LogP contribution in [0.3, 0.4) is 0 Å². The van der Waals surface area contributed by atoms with Crippen molar-refractivity contribution in [2.45, 2.75) is 6.92 Å². The number of benzene rings is 1. The van der Waals surface area contributed by atoms with Crippen molar-refractivity contribution in [1.29, 1.82) is 0 Å². The third kappa shape index (κ3) is 3.69. The van der Waals surface area contributed by atoms with E-state index in [4.69, 9.17) is 16.1 Å². The van der Waals surface area contributed by atoms with E-state index in [1.165, 1.54) is 18.3 Å². The molecule has 0 aliphatic heterocycles. The van der Waals surface area contributed by atoms with Gasteiger partial charge >= 0.3 is 0 Å². The Morgan fingerprint density at radius 3 is 2.71 bits per heavy atom. The fourth-order valence-corrected chi connectivity index (χ4v) is 2.16. The first-order valence-electron chi connectivity index (χ1n) is 6.94. The van der Waals surface area contributed by atoms with Gasteiger partial charge in [-0.05, 0) is 37.3 Å². The second-order valence-corrected chi connectivity index (χ2v) is 5.37. The molecule has 8 heteroatoms. The average molecular weight is 347 g/mol. The molecular formula is C16H12ClFN4O2. The predicted octanol–water partition coefficient (Wildman–Crippen LogP) is 4.17. The van der Waals surface area contributed by atoms with Crippen LogP contribution in [0.2, 0.25) is 5.02 Å². The van der Waals surface area contributed by atoms with Gasteiger partial charge in [0.1, 0.15) is 17.3 Å². The number of aromatic nitrogens is 2. The van der Waals surface area contributed by atoms with Crippen LogP contribution in [-0.2, 0) is 0 Å². The van der Waals surface area contributed by atoms with Gasteiger partial charge in [0.25, 0.3) is 5.91 Å². The summed E-state index contributed by atoms with van der Waals surface area (Å²) in [5, 5.41) is 9.31. The van der Waals surface area contributed by atoms with Crippen molar-refractivity contribution >= 4 is 34.7 Å². The van der Waals surface area contributed by atoms with Crippen LogP contribution in [0.4, 0.5) is 21.6 Å². The number of anilines is 3. The third-order valence-corrected chi connectivity index (χ3v) is 3.36. The number of carbonyl (C=O) groups is 1. The zero-order valence-electron chi connectivity index (χ0n) is 12.5. The number of nitrogens with one attached hydrogen (secondary N) is 2. The Kier molecular flexibility index (Phi) is 4.43. The van der Waals surface area contributed by atoms with Gasteiger partial charge in [-0.1, -0.05) is 16.8 Å². The number of carbonyl (C=O) groups excluding carboxylic acids is 1. The summed E-state index contributed by atoms with van der Waals surface area (Å²) in [4.78, 5) is 16.2. The first-order valence-corrected chi connectivity index (χ1v) is 7.32. The lowest BCUT2D eigenvalue weighted by Gasteiger charge is -2.08. The number of pyridine rings is 1. The number of hydrogen-bond acceptors (Lipinski definition) is 5. The van der Waals surface area contributed by atoms with Gasteiger partial charge in [-0.2, -0.15) is 0 Å². The molecule has 0 saturated heterocycles. The second kappa shape index (κ2) is 6.67. The molecule has 2 aromatic heterocycles. The van der Waals surface area contributed by atoms with Crippen molar-refractivity contribution in [1.82, 2.24) is 10.1 Å². The SMILES string of the molecule is Cc1cc(NC(=O)c2cc(Nc3ccc(F)c(Cl)c3)ccn2)no1. The summed E-state index contributed by atoms with van der Waals surface area (Å²) in [7, 11) is 0. The summed E-state index contributed by atoms with van der Waals surface area (Å²) >= 11 is 5.75. The minimum Gasteiger partial charge on any atom is -0.360 e. The highest BCUT2D eigenvalue weighted by Gasteiger charge is 2.11. The van der Waals surface area contributed by atoms with Crippen LogP contribution in [0.1, 0.15) is 16.2 Å². The summed E-state index contributed by atoms with van der Waals surface area (Å²) in [5.74, 6) is -0.0335. The largest absolute Gasteiger partial charge is 0.360 e. The Morgan fingerprint density at radius 1 is 1.21 bits per heavy atom. The quantitative estimate of drug-likeness (QED) is 0.741. The van der Waals surface area contributed by atoms with E-state index < -0.39 is 11.7 Å². The minimum absolute atomic E-state index is 0.00780. The van der Waals surface area contributed by atoms with E-state index >= 15 is 0 Å². The van der Waals surface area contributed by atoms with Gasteiger partial charge in [-0.3, -0.25) is 9.78 Å². The Bertz CT molecular complexity index is 897. The van der Waals surface area contributed by atoms with E-state index in [-0.39, 0.29) is 10.7 Å². The number of rotatable bonds is 4. The van der Waals surface area contributed by atoms with Crippen LogP contribution in [0.25, 0.3) is 0 Å². The molecule has 3 aromatic rings. The Balaban J connectivity index is 1.75. The van der Waals surface area contributed by atoms with Gasteiger partial charge in [0, 0.05) is 23.6 Å². The molecule has 0 unspecified atom stereocenters. The monoisotopic (exact) mass is 346 g/mol. The first kappa shape index (κ1) is 15.9. The van der Waals surface area contributed by atoms with Gasteiger partial charge in [0.15, 0.2) is 5.82 Å². The molecule has 122 valence electrons. The topological polar surface area (TPSA) is 80.0 Å². The molecule has 24 heavy (non-hydrogen) atoms. The molecule has 0 aliphatic rings. The summed E-state index contributed by atoms with van der Waals surface area (Å²) in [6.07, 6.45) is 1.48. The van der Waals surface area contributed by atoms with Crippen molar-refractivity contribution in [3.05, 3.63) is 64.9 Å². The van der Waals surface area contributed by atoms with Gasteiger partial charge < -0.3 is 15.2 Å². The van der Waals surface area contributed by atoms with Crippen molar-refractivity contribution < 1.29 is 13.7 Å². The van der Waals surface area contributed by atoms with Crippen molar-refractivity contribution in [3.8, 4) is 0 Å². The lowest BCUT2D eigenvalue weighted by molar-refractivity contribution is 0.102. The van der Waals surface area contributed by atoms with E-state index in [2.05, 4.69) is 20.8 Å². The molecule has 0 spiro atoms. The van der Waals surface area contributed by atoms with Crippen LogP contribution in [-0.4, -0.2) is 16.0 Å². The van der Waals surface area contributed by atoms with Gasteiger partial charge in [-0.25, -0.2) is 4.39 Å². The van der Waals surface area contributed by atoms with Gasteiger partial charge in [0.05, 0.1) is 5.02 Å². The van der Waals surface area contributed by atoms with E-state index in [1.54, 1.807) is 31.2 Å². The average Bonchev–Trinajstić information content (AvgIpc) is 2.96. The molecule has 2 heterocycles. The number of nitrogens with zero attached hydrogens (tertiary/aromatic N) is 2. The Hall–Kier alpha value is -2.93. The second-order valence-electron chi connectivity index (χ2n) is 4.96. The summed E-state index contributed by atoms with van der Waals surface area (Å²) < 4.78 is 18.1. The smallest absolute Gasteiger partial charge is 0.275 e. The van der Waals surface area contributed by atoms with Crippen LogP contribution in [0.5, 0.6) is 0 Å². The van der Waals surface area contributed by atoms with E-state index in [1.807, 2.05) is 0 Å². The lowest BCUT2D eigenvalue weighted by Crippen LogP contribution is -2.14. The van der Waals surface area contributed by atoms with Crippen molar-refractivity contribution in [2.24, 2.45) is 0 Å². The Labute approximate surface area is 141 Å². The first-order chi connectivity index (χ1) is 11.5. The Morgan fingerprint density at radius 2 is 2.00 bits per heavy atom. The highest BCUT2D eigenvalue weighted by atomic mass is 35.5. The fourth-order valence-electron chi connectivity index (χ4n) is 1.98. The molecule has 3 rings (SSSR count). The molecule has 0 saturated carbocycles. The maximum atomic E-state index is 13.2. The molecule has 1 aromatic carbocycles. The van der Waals surface area contributed by atoms with Crippen LogP contribution in [0.15, 0.2) is 47.1 Å². The molecule has 0 radical (unpaired) electrons. The molecule has 2 N–H and O–H groups in total. The van der Waals surface area contributed by atoms with E-state index in [0.29, 0.717) is 23.0 Å². The van der Waals surface area contributed by atoms with Crippen LogP contribution >= 0.6 is 11.6 Å². The normalized spacial score (nSPS) is 10.5. The standard InChI is InChI=1S/C16H12ClFN4O2/c1-9-6-15(22-24-9)21-16(23)14-8-11(4-5-19-14)20-10-2-3-13(18)12(17)7-10/h2-8H,1H3,(H,19,20)(H,21,22,23). The third-order valence-electron chi connectivity index (χ3n) is 3.07. The van der Waals surface area contributed by atoms with Gasteiger partial charge in [-0.15, -0.1) is 0 Å². The maximum absolute atomic E-state index is 13.2. The molecule has 0 aliphatic carbocycles. The number of halogens is 2. The van der Waals surface area contributed by atoms with Crippen molar-refractivity contribution in [3.63, 3.8) is 0 Å². The number of amides is 1. The van der Waals surface area contributed by atoms with Crippen LogP contribution in [0, 0.1) is 12.7 Å². The summed E-state index contributed by atoms with van der Waals surface area (Å²) in [5.41, 5.74) is 1.38. The zero-order valence-corrected chi connectivity index (χ0v) is 13.3. The van der Waals surface area contributed by atoms with Gasteiger partial charge in [0.2, 0.25) is 0 Å². The number of hydrogen-bond donors (Lipinski definition) is 2.